The molecule has 1 fully saturated rings. The van der Waals surface area contributed by atoms with Crippen molar-refractivity contribution in [2.24, 2.45) is 5.92 Å². The molecule has 0 bridgehead atoms. The topological polar surface area (TPSA) is 58.6 Å². The summed E-state index contributed by atoms with van der Waals surface area (Å²) in [7, 11) is -3.47. The molecule has 1 saturated heterocycles. The van der Waals surface area contributed by atoms with Gasteiger partial charge in [0, 0.05) is 12.6 Å². The van der Waals surface area contributed by atoms with E-state index in [0.29, 0.717) is 19.1 Å². The Labute approximate surface area is 98.3 Å². The molecule has 0 spiro atoms. The standard InChI is InChI=1S/C10H22N2O3S/c1-9(2)8-15-11-16(13,14)12-7-5-4-6-10(12)3/h9-11H,4-8H2,1-3H3. The lowest BCUT2D eigenvalue weighted by Crippen LogP contribution is -2.48. The molecule has 1 N–H and O–H groups in total. The Morgan fingerprint density at radius 1 is 1.44 bits per heavy atom. The number of nitrogens with one attached hydrogen (secondary N) is 1. The van der Waals surface area contributed by atoms with Gasteiger partial charge in [-0.3, -0.25) is 4.84 Å². The van der Waals surface area contributed by atoms with Crippen LogP contribution in [0, 0.1) is 5.92 Å². The molecule has 1 rings (SSSR count). The van der Waals surface area contributed by atoms with Crippen LogP contribution in [-0.4, -0.2) is 31.9 Å². The highest BCUT2D eigenvalue weighted by molar-refractivity contribution is 7.87. The van der Waals surface area contributed by atoms with Crippen molar-refractivity contribution in [1.82, 2.24) is 9.19 Å². The highest BCUT2D eigenvalue weighted by Gasteiger charge is 2.29. The molecule has 96 valence electrons. The third-order valence-electron chi connectivity index (χ3n) is 2.63. The van der Waals surface area contributed by atoms with Crippen LogP contribution < -0.4 is 4.89 Å². The fraction of sp³-hybridized carbons (Fsp3) is 1.00. The summed E-state index contributed by atoms with van der Waals surface area (Å²) < 4.78 is 25.2. The van der Waals surface area contributed by atoms with Gasteiger partial charge in [-0.15, -0.1) is 0 Å². The van der Waals surface area contributed by atoms with Crippen molar-refractivity contribution in [3.05, 3.63) is 0 Å². The lowest BCUT2D eigenvalue weighted by Gasteiger charge is -2.31. The Morgan fingerprint density at radius 2 is 2.12 bits per heavy atom. The van der Waals surface area contributed by atoms with Crippen LogP contribution in [-0.2, 0) is 15.0 Å². The molecule has 0 amide bonds. The van der Waals surface area contributed by atoms with E-state index in [-0.39, 0.29) is 6.04 Å². The summed E-state index contributed by atoms with van der Waals surface area (Å²) in [5, 5.41) is 0. The molecule has 16 heavy (non-hydrogen) atoms. The summed E-state index contributed by atoms with van der Waals surface area (Å²) in [4.78, 5) is 7.17. The zero-order chi connectivity index (χ0) is 12.2. The van der Waals surface area contributed by atoms with Gasteiger partial charge in [-0.1, -0.05) is 25.2 Å². The largest absolute Gasteiger partial charge is 0.301 e. The molecule has 1 aliphatic heterocycles. The van der Waals surface area contributed by atoms with Crippen LogP contribution >= 0.6 is 0 Å². The Kier molecular flexibility index (Phi) is 5.17. The van der Waals surface area contributed by atoms with E-state index in [1.807, 2.05) is 20.8 Å². The Bertz CT molecular complexity index is 303. The van der Waals surface area contributed by atoms with Gasteiger partial charge in [-0.2, -0.15) is 12.7 Å². The summed E-state index contributed by atoms with van der Waals surface area (Å²) in [6.07, 6.45) is 2.94. The van der Waals surface area contributed by atoms with E-state index in [2.05, 4.69) is 4.89 Å². The minimum atomic E-state index is -3.47. The molecule has 1 heterocycles. The van der Waals surface area contributed by atoms with E-state index in [0.717, 1.165) is 19.3 Å². The first-order valence-electron chi connectivity index (χ1n) is 5.84. The lowest BCUT2D eigenvalue weighted by atomic mass is 10.1. The van der Waals surface area contributed by atoms with Crippen molar-refractivity contribution in [3.63, 3.8) is 0 Å². The highest BCUT2D eigenvalue weighted by Crippen LogP contribution is 2.18. The number of nitrogens with zero attached hydrogens (tertiary/aromatic N) is 1. The molecule has 0 aromatic heterocycles. The first-order valence-corrected chi connectivity index (χ1v) is 7.28. The van der Waals surface area contributed by atoms with Crippen LogP contribution in [0.25, 0.3) is 0 Å². The first kappa shape index (κ1) is 13.9. The molecule has 1 atom stereocenters. The summed E-state index contributed by atoms with van der Waals surface area (Å²) in [6.45, 7) is 6.85. The van der Waals surface area contributed by atoms with Crippen molar-refractivity contribution in [2.75, 3.05) is 13.2 Å². The maximum atomic E-state index is 11.9. The first-order chi connectivity index (χ1) is 7.43. The van der Waals surface area contributed by atoms with Crippen LogP contribution in [0.1, 0.15) is 40.0 Å². The second kappa shape index (κ2) is 5.95. The second-order valence-electron chi connectivity index (χ2n) is 4.75. The van der Waals surface area contributed by atoms with Gasteiger partial charge in [-0.05, 0) is 25.7 Å². The van der Waals surface area contributed by atoms with E-state index in [9.17, 15) is 8.42 Å². The van der Waals surface area contributed by atoms with E-state index in [1.54, 1.807) is 0 Å². The normalized spacial score (nSPS) is 23.9. The fourth-order valence-corrected chi connectivity index (χ4v) is 3.01. The zero-order valence-electron chi connectivity index (χ0n) is 10.3. The zero-order valence-corrected chi connectivity index (χ0v) is 11.1. The third-order valence-corrected chi connectivity index (χ3v) is 4.12. The molecule has 6 heteroatoms. The van der Waals surface area contributed by atoms with Gasteiger partial charge in [0.25, 0.3) is 0 Å². The predicted molar refractivity (Wildman–Crippen MR) is 62.9 cm³/mol. The van der Waals surface area contributed by atoms with Gasteiger partial charge in [0.1, 0.15) is 0 Å². The number of rotatable bonds is 5. The SMILES string of the molecule is CC(C)CONS(=O)(=O)N1CCCCC1C. The lowest BCUT2D eigenvalue weighted by molar-refractivity contribution is 0.0651. The summed E-state index contributed by atoms with van der Waals surface area (Å²) in [5.74, 6) is 0.307. The quantitative estimate of drug-likeness (QED) is 0.748. The molecular weight excluding hydrogens is 228 g/mol. The van der Waals surface area contributed by atoms with Crippen LogP contribution in [0.4, 0.5) is 0 Å². The second-order valence-corrected chi connectivity index (χ2v) is 6.33. The monoisotopic (exact) mass is 250 g/mol. The molecular formula is C10H22N2O3S. The molecule has 1 unspecified atom stereocenters. The maximum Gasteiger partial charge on any atom is 0.301 e. The van der Waals surface area contributed by atoms with Crippen molar-refractivity contribution in [3.8, 4) is 0 Å². The van der Waals surface area contributed by atoms with E-state index in [4.69, 9.17) is 4.84 Å². The Morgan fingerprint density at radius 3 is 2.69 bits per heavy atom. The molecule has 0 saturated carbocycles. The van der Waals surface area contributed by atoms with E-state index >= 15 is 0 Å². The number of hydrogen-bond acceptors (Lipinski definition) is 3. The summed E-state index contributed by atoms with van der Waals surface area (Å²) in [5.41, 5.74) is 0. The van der Waals surface area contributed by atoms with E-state index in [1.165, 1.54) is 4.31 Å². The molecule has 5 nitrogen and oxygen atoms in total. The van der Waals surface area contributed by atoms with Gasteiger partial charge < -0.3 is 0 Å². The molecule has 1 aliphatic rings. The third kappa shape index (κ3) is 4.01. The summed E-state index contributed by atoms with van der Waals surface area (Å²) in [6, 6.07) is 0.0638. The van der Waals surface area contributed by atoms with Gasteiger partial charge >= 0.3 is 10.2 Å². The smallest absolute Gasteiger partial charge is 0.286 e. The molecule has 0 aliphatic carbocycles. The average Bonchev–Trinajstić information content (AvgIpc) is 2.17. The highest BCUT2D eigenvalue weighted by atomic mass is 32.2. The van der Waals surface area contributed by atoms with Crippen LogP contribution in [0.2, 0.25) is 0 Å². The fourth-order valence-electron chi connectivity index (χ4n) is 1.75. The van der Waals surface area contributed by atoms with Crippen molar-refractivity contribution in [2.45, 2.75) is 46.1 Å². The summed E-state index contributed by atoms with van der Waals surface area (Å²) >= 11 is 0. The number of piperidine rings is 1. The van der Waals surface area contributed by atoms with Gasteiger partial charge in [0.15, 0.2) is 0 Å². The van der Waals surface area contributed by atoms with Crippen LogP contribution in [0.15, 0.2) is 0 Å². The number of hydrogen-bond donors (Lipinski definition) is 1. The van der Waals surface area contributed by atoms with Gasteiger partial charge in [0.2, 0.25) is 0 Å². The van der Waals surface area contributed by atoms with Gasteiger partial charge in [0.05, 0.1) is 6.61 Å². The van der Waals surface area contributed by atoms with Crippen molar-refractivity contribution < 1.29 is 13.3 Å². The van der Waals surface area contributed by atoms with Crippen molar-refractivity contribution >= 4 is 10.2 Å². The predicted octanol–water partition coefficient (Wildman–Crippen LogP) is 1.28. The van der Waals surface area contributed by atoms with Crippen molar-refractivity contribution in [1.29, 1.82) is 0 Å². The molecule has 0 aromatic carbocycles. The minimum Gasteiger partial charge on any atom is -0.286 e. The maximum absolute atomic E-state index is 11.9. The van der Waals surface area contributed by atoms with Gasteiger partial charge in [-0.25, -0.2) is 0 Å². The Hall–Kier alpha value is -0.170. The minimum absolute atomic E-state index is 0.0638. The van der Waals surface area contributed by atoms with E-state index < -0.39 is 10.2 Å². The average molecular weight is 250 g/mol. The van der Waals surface area contributed by atoms with Crippen LogP contribution in [0.5, 0.6) is 0 Å². The Balaban J connectivity index is 2.48. The molecule has 0 radical (unpaired) electrons. The van der Waals surface area contributed by atoms with Crippen LogP contribution in [0.3, 0.4) is 0 Å². The molecule has 0 aromatic rings.